The number of H-pyrrole nitrogens is 1. The van der Waals surface area contributed by atoms with Crippen LogP contribution in [0.5, 0.6) is 0 Å². The Bertz CT molecular complexity index is 1520. The molecule has 2 fully saturated rings. The van der Waals surface area contributed by atoms with E-state index in [0.29, 0.717) is 12.4 Å². The summed E-state index contributed by atoms with van der Waals surface area (Å²) in [6.07, 6.45) is 4.12. The van der Waals surface area contributed by atoms with E-state index in [2.05, 4.69) is 52.1 Å². The summed E-state index contributed by atoms with van der Waals surface area (Å²) < 4.78 is 5.50. The molecule has 3 unspecified atom stereocenters. The molecule has 3 aliphatic rings. The number of hydrogen-bond acceptors (Lipinski definition) is 6. The first kappa shape index (κ1) is 28.6. The number of aliphatic imine (C=N–C) groups is 1. The number of carbonyl (C=O) groups excluding carboxylic acids is 1. The van der Waals surface area contributed by atoms with Crippen molar-refractivity contribution in [3.05, 3.63) is 87.7 Å². The molecule has 1 saturated heterocycles. The number of carbonyl (C=O) groups is 1. The average molecular weight is 567 g/mol. The number of benzene rings is 2. The Morgan fingerprint density at radius 3 is 2.69 bits per heavy atom. The van der Waals surface area contributed by atoms with E-state index < -0.39 is 6.10 Å². The number of aryl methyl sites for hydroxylation is 2. The number of Topliss-reactive ketones (excluding diaryl/α,β-unsaturated/α-hetero) is 1. The molecule has 7 heteroatoms. The lowest BCUT2D eigenvalue weighted by atomic mass is 9.87. The topological polar surface area (TPSA) is 104 Å². The quantitative estimate of drug-likeness (QED) is 0.291. The monoisotopic (exact) mass is 566 g/mol. The molecule has 0 radical (unpaired) electrons. The molecule has 7 nitrogen and oxygen atoms in total. The highest BCUT2D eigenvalue weighted by atomic mass is 16.5. The van der Waals surface area contributed by atoms with Crippen molar-refractivity contribution in [1.29, 1.82) is 0 Å². The van der Waals surface area contributed by atoms with Gasteiger partial charge in [-0.1, -0.05) is 42.0 Å². The van der Waals surface area contributed by atoms with Crippen LogP contribution in [0.4, 0.5) is 5.69 Å². The molecule has 42 heavy (non-hydrogen) atoms. The Morgan fingerprint density at radius 2 is 1.93 bits per heavy atom. The number of aliphatic hydroxyl groups is 1. The van der Waals surface area contributed by atoms with Crippen molar-refractivity contribution >= 4 is 29.0 Å². The summed E-state index contributed by atoms with van der Waals surface area (Å²) in [4.78, 5) is 24.2. The molecule has 1 aliphatic carbocycles. The fraction of sp³-hybridized carbons (Fsp3) is 0.429. The van der Waals surface area contributed by atoms with Crippen molar-refractivity contribution in [2.75, 3.05) is 32.8 Å². The number of aliphatic hydroxyl groups excluding tert-OH is 1. The molecule has 4 atom stereocenters. The third-order valence-electron chi connectivity index (χ3n) is 9.27. The lowest BCUT2D eigenvalue weighted by Gasteiger charge is -2.32. The number of morpholine rings is 1. The lowest BCUT2D eigenvalue weighted by molar-refractivity contribution is -0.00134. The number of nitrogens with zero attached hydrogens (tertiary/aromatic N) is 2. The summed E-state index contributed by atoms with van der Waals surface area (Å²) in [7, 11) is 0. The van der Waals surface area contributed by atoms with E-state index in [-0.39, 0.29) is 23.5 Å². The highest BCUT2D eigenvalue weighted by Crippen LogP contribution is 2.47. The van der Waals surface area contributed by atoms with E-state index in [9.17, 15) is 9.90 Å². The summed E-state index contributed by atoms with van der Waals surface area (Å²) in [5.74, 6) is 1.08. The number of ketones is 1. The van der Waals surface area contributed by atoms with Crippen LogP contribution in [-0.4, -0.2) is 65.6 Å². The van der Waals surface area contributed by atoms with Gasteiger partial charge in [-0.25, -0.2) is 4.99 Å². The van der Waals surface area contributed by atoms with Crippen LogP contribution in [0.3, 0.4) is 0 Å². The highest BCUT2D eigenvalue weighted by molar-refractivity contribution is 6.31. The first-order chi connectivity index (χ1) is 20.3. The van der Waals surface area contributed by atoms with Crippen LogP contribution < -0.4 is 5.73 Å². The highest BCUT2D eigenvalue weighted by Gasteiger charge is 2.46. The molecule has 1 saturated carbocycles. The zero-order chi connectivity index (χ0) is 29.4. The van der Waals surface area contributed by atoms with Crippen molar-refractivity contribution in [2.45, 2.75) is 46.1 Å². The zero-order valence-corrected chi connectivity index (χ0v) is 24.9. The first-order valence-electron chi connectivity index (χ1n) is 15.2. The normalized spacial score (nSPS) is 22.6. The van der Waals surface area contributed by atoms with E-state index >= 15 is 0 Å². The summed E-state index contributed by atoms with van der Waals surface area (Å²) in [5, 5.41) is 11.4. The minimum atomic E-state index is -0.446. The van der Waals surface area contributed by atoms with Crippen molar-refractivity contribution in [3.63, 3.8) is 0 Å². The Morgan fingerprint density at radius 1 is 1.17 bits per heavy atom. The fourth-order valence-electron chi connectivity index (χ4n) is 6.77. The molecular weight excluding hydrogens is 524 g/mol. The van der Waals surface area contributed by atoms with Crippen LogP contribution in [0.1, 0.15) is 56.8 Å². The van der Waals surface area contributed by atoms with Crippen molar-refractivity contribution in [3.8, 4) is 0 Å². The second-order valence-electron chi connectivity index (χ2n) is 12.4. The van der Waals surface area contributed by atoms with Gasteiger partial charge in [-0.2, -0.15) is 0 Å². The van der Waals surface area contributed by atoms with Crippen molar-refractivity contribution in [1.82, 2.24) is 9.88 Å². The van der Waals surface area contributed by atoms with Crippen LogP contribution in [0, 0.1) is 38.5 Å². The Balaban J connectivity index is 1.17. The van der Waals surface area contributed by atoms with Gasteiger partial charge < -0.3 is 20.6 Å². The van der Waals surface area contributed by atoms with Gasteiger partial charge >= 0.3 is 0 Å². The molecule has 4 N–H and O–H groups in total. The minimum Gasteiger partial charge on any atom is -0.391 e. The maximum atomic E-state index is 13.9. The molecule has 0 bridgehead atoms. The van der Waals surface area contributed by atoms with Gasteiger partial charge in [0.25, 0.3) is 0 Å². The van der Waals surface area contributed by atoms with Gasteiger partial charge in [-0.15, -0.1) is 0 Å². The summed E-state index contributed by atoms with van der Waals surface area (Å²) in [6, 6.07) is 16.5. The molecule has 0 amide bonds. The Kier molecular flexibility index (Phi) is 8.17. The van der Waals surface area contributed by atoms with Gasteiger partial charge in [-0.05, 0) is 81.2 Å². The number of nitrogens with one attached hydrogen (secondary N) is 1. The van der Waals surface area contributed by atoms with Gasteiger partial charge in [0.15, 0.2) is 5.78 Å². The van der Waals surface area contributed by atoms with Crippen molar-refractivity contribution < 1.29 is 14.6 Å². The molecule has 3 heterocycles. The molecule has 2 aromatic carbocycles. The summed E-state index contributed by atoms with van der Waals surface area (Å²) in [6.45, 7) is 9.85. The van der Waals surface area contributed by atoms with Gasteiger partial charge in [-0.3, -0.25) is 9.69 Å². The number of aromatic nitrogens is 1. The number of hydrogen-bond donors (Lipinski definition) is 3. The van der Waals surface area contributed by atoms with E-state index in [0.717, 1.165) is 90.5 Å². The summed E-state index contributed by atoms with van der Waals surface area (Å²) >= 11 is 0. The first-order valence-corrected chi connectivity index (χ1v) is 15.2. The second-order valence-corrected chi connectivity index (χ2v) is 12.4. The van der Waals surface area contributed by atoms with Crippen LogP contribution in [0.2, 0.25) is 0 Å². The molecule has 220 valence electrons. The molecule has 2 aliphatic heterocycles. The third kappa shape index (κ3) is 6.00. The number of rotatable bonds is 10. The van der Waals surface area contributed by atoms with Gasteiger partial charge in [0.1, 0.15) is 5.84 Å². The molecule has 6 rings (SSSR count). The minimum absolute atomic E-state index is 0.00551. The van der Waals surface area contributed by atoms with Gasteiger partial charge in [0.2, 0.25) is 0 Å². The summed E-state index contributed by atoms with van der Waals surface area (Å²) in [5.41, 5.74) is 15.0. The van der Waals surface area contributed by atoms with E-state index in [4.69, 9.17) is 10.5 Å². The number of fused-ring (bicyclic) bond motifs is 1. The van der Waals surface area contributed by atoms with E-state index in [1.54, 1.807) is 0 Å². The van der Waals surface area contributed by atoms with E-state index in [1.165, 1.54) is 5.56 Å². The number of aromatic amines is 1. The predicted octanol–water partition coefficient (Wildman–Crippen LogP) is 5.24. The maximum absolute atomic E-state index is 13.9. The maximum Gasteiger partial charge on any atom is 0.168 e. The number of amidine groups is 1. The van der Waals surface area contributed by atoms with Crippen LogP contribution in [0.15, 0.2) is 53.5 Å². The standard InChI is InChI=1S/C35H42N4O3/c1-21-9-10-30-28(15-21)29(35(36)38-30)19-31-22(2)33(23(3)37-31)34(41)27-18-25(27)17-26(16-24-7-5-4-6-8-24)32(40)20-39-11-13-42-14-12-39/h4-10,15,19,25-27,32,37,40H,11-14,16-18,20H2,1-3H3,(H2,36,38)/b29-19-/t25?,26?,27?,32-/m1/s1. The zero-order valence-electron chi connectivity index (χ0n) is 24.9. The van der Waals surface area contributed by atoms with Crippen LogP contribution in [0.25, 0.3) is 11.6 Å². The predicted molar refractivity (Wildman–Crippen MR) is 168 cm³/mol. The smallest absolute Gasteiger partial charge is 0.168 e. The van der Waals surface area contributed by atoms with Crippen molar-refractivity contribution in [2.24, 2.45) is 28.5 Å². The number of ether oxygens (including phenoxy) is 1. The van der Waals surface area contributed by atoms with Crippen LogP contribution in [-0.2, 0) is 11.2 Å². The van der Waals surface area contributed by atoms with Crippen LogP contribution >= 0.6 is 0 Å². The molecule has 0 spiro atoms. The van der Waals surface area contributed by atoms with Gasteiger partial charge in [0, 0.05) is 53.6 Å². The largest absolute Gasteiger partial charge is 0.391 e. The van der Waals surface area contributed by atoms with Gasteiger partial charge in [0.05, 0.1) is 25.0 Å². The average Bonchev–Trinajstić information content (AvgIpc) is 3.61. The third-order valence-corrected chi connectivity index (χ3v) is 9.27. The fourth-order valence-corrected chi connectivity index (χ4v) is 6.77. The lowest BCUT2D eigenvalue weighted by Crippen LogP contribution is -2.43. The Hall–Kier alpha value is -3.52. The van der Waals surface area contributed by atoms with E-state index in [1.807, 2.05) is 38.1 Å². The number of β-amino-alcohol motifs (C(OH)–C–C–N with tert-alkyl or cyclic N) is 1. The SMILES string of the molecule is Cc1ccc2c(c1)/C(=C/c1[nH]c(C)c(C(=O)C3CC3CC(Cc3ccccc3)[C@H](O)CN3CCOCC3)c1C)C(N)=N2. The molecule has 1 aromatic heterocycles. The molecule has 3 aromatic rings. The Labute approximate surface area is 248 Å². The molecular formula is C35H42N4O3. The second kappa shape index (κ2) is 12.0. The number of nitrogens with two attached hydrogens (primary N) is 1.